The van der Waals surface area contributed by atoms with Gasteiger partial charge in [-0.15, -0.1) is 0 Å². The Labute approximate surface area is 144 Å². The lowest BCUT2D eigenvalue weighted by Gasteiger charge is -2.65. The standard InChI is InChI=1S/C19H30N2O3/c1-2-17-7-13-8-18(10-17,12-19(24,9-13)11-17)16(23)21-5-3-14(4-6-21)15(20)22/h13-14,24H,2-12H2,1H3,(H2,20,22). The molecule has 5 fully saturated rings. The van der Waals surface area contributed by atoms with Gasteiger partial charge in [0.25, 0.3) is 0 Å². The predicted octanol–water partition coefficient (Wildman–Crippen LogP) is 1.82. The molecule has 0 aromatic rings. The number of primary amides is 1. The van der Waals surface area contributed by atoms with Gasteiger partial charge in [-0.2, -0.15) is 0 Å². The SMILES string of the molecule is CCC12CC3CC(O)(C1)CC(C(=O)N1CCC(C(N)=O)CC1)(C3)C2. The molecule has 0 aromatic carbocycles. The number of carbonyl (C=O) groups is 2. The van der Waals surface area contributed by atoms with Crippen LogP contribution in [0, 0.1) is 22.7 Å². The number of hydrogen-bond acceptors (Lipinski definition) is 3. The molecule has 0 spiro atoms. The number of aliphatic hydroxyl groups is 1. The van der Waals surface area contributed by atoms with Gasteiger partial charge < -0.3 is 15.7 Å². The maximum Gasteiger partial charge on any atom is 0.228 e. The zero-order valence-corrected chi connectivity index (χ0v) is 14.7. The molecule has 4 bridgehead atoms. The molecular formula is C19H30N2O3. The molecule has 4 saturated carbocycles. The van der Waals surface area contributed by atoms with Gasteiger partial charge in [-0.25, -0.2) is 0 Å². The van der Waals surface area contributed by atoms with Gasteiger partial charge >= 0.3 is 0 Å². The summed E-state index contributed by atoms with van der Waals surface area (Å²) in [5.41, 5.74) is 4.59. The molecule has 4 unspecified atom stereocenters. The Bertz CT molecular complexity index is 571. The molecule has 1 heterocycles. The van der Waals surface area contributed by atoms with Crippen molar-refractivity contribution < 1.29 is 14.7 Å². The van der Waals surface area contributed by atoms with E-state index in [1.54, 1.807) is 0 Å². The van der Waals surface area contributed by atoms with Gasteiger partial charge in [0.2, 0.25) is 11.8 Å². The molecule has 24 heavy (non-hydrogen) atoms. The zero-order chi connectivity index (χ0) is 17.2. The van der Waals surface area contributed by atoms with Crippen molar-refractivity contribution in [3.05, 3.63) is 0 Å². The minimum Gasteiger partial charge on any atom is -0.390 e. The third-order valence-electron chi connectivity index (χ3n) is 7.54. The van der Waals surface area contributed by atoms with Gasteiger partial charge in [0, 0.05) is 19.0 Å². The van der Waals surface area contributed by atoms with Gasteiger partial charge in [-0.1, -0.05) is 13.3 Å². The van der Waals surface area contributed by atoms with Crippen molar-refractivity contribution in [2.75, 3.05) is 13.1 Å². The summed E-state index contributed by atoms with van der Waals surface area (Å²) in [6.45, 7) is 3.49. The van der Waals surface area contributed by atoms with E-state index in [0.29, 0.717) is 38.3 Å². The van der Waals surface area contributed by atoms with Crippen LogP contribution >= 0.6 is 0 Å². The highest BCUT2D eigenvalue weighted by Crippen LogP contribution is 2.68. The van der Waals surface area contributed by atoms with Crippen molar-refractivity contribution in [2.24, 2.45) is 28.4 Å². The van der Waals surface area contributed by atoms with Gasteiger partial charge in [0.05, 0.1) is 11.0 Å². The van der Waals surface area contributed by atoms with Crippen LogP contribution in [-0.2, 0) is 9.59 Å². The lowest BCUT2D eigenvalue weighted by atomic mass is 9.42. The van der Waals surface area contributed by atoms with Gasteiger partial charge in [-0.05, 0) is 62.7 Å². The molecule has 4 aliphatic carbocycles. The molecular weight excluding hydrogens is 304 g/mol. The first-order chi connectivity index (χ1) is 11.3. The molecule has 0 radical (unpaired) electrons. The van der Waals surface area contributed by atoms with Crippen LogP contribution in [0.2, 0.25) is 0 Å². The molecule has 134 valence electrons. The first-order valence-corrected chi connectivity index (χ1v) is 9.60. The van der Waals surface area contributed by atoms with Crippen molar-refractivity contribution >= 4 is 11.8 Å². The third kappa shape index (κ3) is 2.39. The third-order valence-corrected chi connectivity index (χ3v) is 7.54. The lowest BCUT2D eigenvalue weighted by Crippen LogP contribution is -2.64. The fourth-order valence-corrected chi connectivity index (χ4v) is 6.92. The number of nitrogens with two attached hydrogens (primary N) is 1. The molecule has 2 amide bonds. The van der Waals surface area contributed by atoms with Gasteiger partial charge in [0.15, 0.2) is 0 Å². The number of likely N-dealkylation sites (tertiary alicyclic amines) is 1. The second kappa shape index (κ2) is 5.20. The fraction of sp³-hybridized carbons (Fsp3) is 0.895. The van der Waals surface area contributed by atoms with Crippen molar-refractivity contribution in [3.63, 3.8) is 0 Å². The Morgan fingerprint density at radius 3 is 2.42 bits per heavy atom. The van der Waals surface area contributed by atoms with Gasteiger partial charge in [0.1, 0.15) is 0 Å². The van der Waals surface area contributed by atoms with Crippen molar-refractivity contribution in [2.45, 2.75) is 70.3 Å². The first kappa shape index (κ1) is 16.4. The van der Waals surface area contributed by atoms with E-state index >= 15 is 0 Å². The number of carbonyl (C=O) groups excluding carboxylic acids is 2. The average Bonchev–Trinajstić information content (AvgIpc) is 2.52. The molecule has 1 aliphatic heterocycles. The number of amides is 2. The largest absolute Gasteiger partial charge is 0.390 e. The summed E-state index contributed by atoms with van der Waals surface area (Å²) in [6, 6.07) is 0. The van der Waals surface area contributed by atoms with Gasteiger partial charge in [-0.3, -0.25) is 9.59 Å². The number of rotatable bonds is 3. The monoisotopic (exact) mass is 334 g/mol. The van der Waals surface area contributed by atoms with E-state index < -0.39 is 5.60 Å². The minimum absolute atomic E-state index is 0.0865. The highest BCUT2D eigenvalue weighted by molar-refractivity contribution is 5.84. The van der Waals surface area contributed by atoms with Crippen LogP contribution < -0.4 is 5.73 Å². The normalized spacial score (nSPS) is 44.8. The number of piperidine rings is 1. The molecule has 5 nitrogen and oxygen atoms in total. The van der Waals surface area contributed by atoms with Crippen molar-refractivity contribution in [1.29, 1.82) is 0 Å². The zero-order valence-electron chi connectivity index (χ0n) is 14.7. The Morgan fingerprint density at radius 2 is 1.83 bits per heavy atom. The number of nitrogens with zero attached hydrogens (tertiary/aromatic N) is 1. The predicted molar refractivity (Wildman–Crippen MR) is 89.8 cm³/mol. The fourth-order valence-electron chi connectivity index (χ4n) is 6.92. The van der Waals surface area contributed by atoms with Crippen LogP contribution in [0.15, 0.2) is 0 Å². The van der Waals surface area contributed by atoms with Crippen molar-refractivity contribution in [1.82, 2.24) is 4.90 Å². The maximum absolute atomic E-state index is 13.4. The Kier molecular flexibility index (Phi) is 3.55. The average molecular weight is 334 g/mol. The van der Waals surface area contributed by atoms with E-state index in [1.165, 1.54) is 6.42 Å². The van der Waals surface area contributed by atoms with E-state index in [0.717, 1.165) is 32.1 Å². The summed E-state index contributed by atoms with van der Waals surface area (Å²) in [6.07, 6.45) is 7.92. The molecule has 1 saturated heterocycles. The van der Waals surface area contributed by atoms with Crippen LogP contribution in [0.1, 0.15) is 64.7 Å². The Hall–Kier alpha value is -1.10. The Balaban J connectivity index is 1.55. The Morgan fingerprint density at radius 1 is 1.12 bits per heavy atom. The lowest BCUT2D eigenvalue weighted by molar-refractivity contribution is -0.210. The number of hydrogen-bond donors (Lipinski definition) is 2. The quantitative estimate of drug-likeness (QED) is 0.826. The molecule has 5 heteroatoms. The summed E-state index contributed by atoms with van der Waals surface area (Å²) < 4.78 is 0. The van der Waals surface area contributed by atoms with E-state index in [9.17, 15) is 14.7 Å². The van der Waals surface area contributed by atoms with Crippen LogP contribution in [-0.4, -0.2) is 40.5 Å². The second-order valence-electron chi connectivity index (χ2n) is 9.34. The van der Waals surface area contributed by atoms with Crippen LogP contribution in [0.3, 0.4) is 0 Å². The van der Waals surface area contributed by atoms with E-state index in [4.69, 9.17) is 5.73 Å². The summed E-state index contributed by atoms with van der Waals surface area (Å²) in [7, 11) is 0. The second-order valence-corrected chi connectivity index (χ2v) is 9.34. The summed E-state index contributed by atoms with van der Waals surface area (Å²) in [5, 5.41) is 11.1. The van der Waals surface area contributed by atoms with E-state index in [-0.39, 0.29) is 28.6 Å². The minimum atomic E-state index is -0.628. The summed E-state index contributed by atoms with van der Waals surface area (Å²) in [4.78, 5) is 26.7. The summed E-state index contributed by atoms with van der Waals surface area (Å²) in [5.74, 6) is 0.414. The molecule has 5 rings (SSSR count). The van der Waals surface area contributed by atoms with Crippen LogP contribution in [0.25, 0.3) is 0 Å². The molecule has 4 atom stereocenters. The topological polar surface area (TPSA) is 83.6 Å². The van der Waals surface area contributed by atoms with E-state index in [2.05, 4.69) is 6.92 Å². The summed E-state index contributed by atoms with van der Waals surface area (Å²) >= 11 is 0. The maximum atomic E-state index is 13.4. The highest BCUT2D eigenvalue weighted by atomic mass is 16.3. The van der Waals surface area contributed by atoms with Crippen LogP contribution in [0.4, 0.5) is 0 Å². The molecule has 5 aliphatic rings. The van der Waals surface area contributed by atoms with Crippen molar-refractivity contribution in [3.8, 4) is 0 Å². The molecule has 0 aromatic heterocycles. The van der Waals surface area contributed by atoms with Crippen LogP contribution in [0.5, 0.6) is 0 Å². The molecule has 3 N–H and O–H groups in total. The first-order valence-electron chi connectivity index (χ1n) is 9.60. The van der Waals surface area contributed by atoms with E-state index in [1.807, 2.05) is 4.90 Å². The highest BCUT2D eigenvalue weighted by Gasteiger charge is 2.65. The smallest absolute Gasteiger partial charge is 0.228 e.